The van der Waals surface area contributed by atoms with Crippen molar-refractivity contribution in [3.63, 3.8) is 0 Å². The largest absolute Gasteiger partial charge is 0.478 e. The summed E-state index contributed by atoms with van der Waals surface area (Å²) in [7, 11) is 1.73. The summed E-state index contributed by atoms with van der Waals surface area (Å²) >= 11 is 0. The fourth-order valence-corrected chi connectivity index (χ4v) is 1.80. The summed E-state index contributed by atoms with van der Waals surface area (Å²) < 4.78 is 5.43. The standard InChI is InChI=1S/C16H24N2O4/c1-12(2)22-10-4-9-18(3)16(21)17-11-13-5-7-14(8-6-13)15(19)20/h5-8,12H,4,9-11H2,1-3H3,(H,17,21)(H,19,20). The number of hydrogen-bond acceptors (Lipinski definition) is 3. The third-order valence-corrected chi connectivity index (χ3v) is 3.08. The maximum absolute atomic E-state index is 11.9. The first-order valence-electron chi connectivity index (χ1n) is 7.33. The molecule has 0 radical (unpaired) electrons. The Kier molecular flexibility index (Phi) is 7.39. The molecule has 0 unspecified atom stereocenters. The van der Waals surface area contributed by atoms with Crippen molar-refractivity contribution in [2.24, 2.45) is 0 Å². The molecule has 0 bridgehead atoms. The number of rotatable bonds is 8. The third kappa shape index (κ3) is 6.58. The van der Waals surface area contributed by atoms with Gasteiger partial charge in [0.05, 0.1) is 11.7 Å². The lowest BCUT2D eigenvalue weighted by Gasteiger charge is -2.18. The van der Waals surface area contributed by atoms with Crippen LogP contribution in [0.1, 0.15) is 36.2 Å². The number of nitrogens with one attached hydrogen (secondary N) is 1. The first kappa shape index (κ1) is 18.0. The zero-order valence-corrected chi connectivity index (χ0v) is 13.3. The van der Waals surface area contributed by atoms with Crippen LogP contribution in [0.4, 0.5) is 4.79 Å². The second kappa shape index (κ2) is 9.04. The predicted molar refractivity (Wildman–Crippen MR) is 84.0 cm³/mol. The first-order valence-corrected chi connectivity index (χ1v) is 7.33. The number of hydrogen-bond donors (Lipinski definition) is 2. The van der Waals surface area contributed by atoms with Crippen LogP contribution in [-0.2, 0) is 11.3 Å². The molecule has 2 N–H and O–H groups in total. The summed E-state index contributed by atoms with van der Waals surface area (Å²) in [5, 5.41) is 11.6. The zero-order chi connectivity index (χ0) is 16.5. The Bertz CT molecular complexity index is 485. The highest BCUT2D eigenvalue weighted by atomic mass is 16.5. The van der Waals surface area contributed by atoms with Crippen molar-refractivity contribution in [1.29, 1.82) is 0 Å². The van der Waals surface area contributed by atoms with Crippen molar-refractivity contribution in [2.75, 3.05) is 20.2 Å². The van der Waals surface area contributed by atoms with Crippen LogP contribution in [0.25, 0.3) is 0 Å². The Morgan fingerprint density at radius 3 is 2.45 bits per heavy atom. The average molecular weight is 308 g/mol. The molecule has 122 valence electrons. The molecule has 1 aromatic rings. The molecular formula is C16H24N2O4. The van der Waals surface area contributed by atoms with Gasteiger partial charge in [0, 0.05) is 26.7 Å². The van der Waals surface area contributed by atoms with Crippen molar-refractivity contribution < 1.29 is 19.4 Å². The van der Waals surface area contributed by atoms with E-state index in [9.17, 15) is 9.59 Å². The number of benzene rings is 1. The van der Waals surface area contributed by atoms with Crippen molar-refractivity contribution in [1.82, 2.24) is 10.2 Å². The van der Waals surface area contributed by atoms with Gasteiger partial charge in [-0.25, -0.2) is 9.59 Å². The van der Waals surface area contributed by atoms with Gasteiger partial charge in [0.1, 0.15) is 0 Å². The SMILES string of the molecule is CC(C)OCCCN(C)C(=O)NCc1ccc(C(=O)O)cc1. The van der Waals surface area contributed by atoms with E-state index < -0.39 is 5.97 Å². The van der Waals surface area contributed by atoms with Crippen molar-refractivity contribution in [2.45, 2.75) is 32.9 Å². The van der Waals surface area contributed by atoms with E-state index in [-0.39, 0.29) is 17.7 Å². The fourth-order valence-electron chi connectivity index (χ4n) is 1.80. The van der Waals surface area contributed by atoms with Crippen LogP contribution in [0.15, 0.2) is 24.3 Å². The molecule has 6 heteroatoms. The van der Waals surface area contributed by atoms with E-state index in [1.165, 1.54) is 12.1 Å². The van der Waals surface area contributed by atoms with Gasteiger partial charge in [-0.2, -0.15) is 0 Å². The summed E-state index contributed by atoms with van der Waals surface area (Å²) in [5.74, 6) is -0.959. The summed E-state index contributed by atoms with van der Waals surface area (Å²) in [6, 6.07) is 6.28. The highest BCUT2D eigenvalue weighted by Crippen LogP contribution is 2.04. The van der Waals surface area contributed by atoms with E-state index in [0.717, 1.165) is 12.0 Å². The molecule has 1 aromatic carbocycles. The molecule has 0 saturated heterocycles. The summed E-state index contributed by atoms with van der Waals surface area (Å²) in [4.78, 5) is 24.3. The van der Waals surface area contributed by atoms with E-state index in [1.54, 1.807) is 24.1 Å². The molecule has 0 aromatic heterocycles. The number of amides is 2. The van der Waals surface area contributed by atoms with Gasteiger partial charge in [-0.3, -0.25) is 0 Å². The molecule has 0 aliphatic rings. The number of urea groups is 1. The van der Waals surface area contributed by atoms with Crippen molar-refractivity contribution in [3.8, 4) is 0 Å². The highest BCUT2D eigenvalue weighted by molar-refractivity contribution is 5.87. The number of ether oxygens (including phenoxy) is 1. The molecule has 0 atom stereocenters. The number of nitrogens with zero attached hydrogens (tertiary/aromatic N) is 1. The number of carbonyl (C=O) groups is 2. The Labute approximate surface area is 131 Å². The second-order valence-corrected chi connectivity index (χ2v) is 5.36. The van der Waals surface area contributed by atoms with Gasteiger partial charge in [-0.15, -0.1) is 0 Å². The summed E-state index contributed by atoms with van der Waals surface area (Å²) in [5.41, 5.74) is 1.09. The molecule has 0 heterocycles. The van der Waals surface area contributed by atoms with Crippen LogP contribution in [0.2, 0.25) is 0 Å². The monoisotopic (exact) mass is 308 g/mol. The molecule has 6 nitrogen and oxygen atoms in total. The van der Waals surface area contributed by atoms with Gasteiger partial charge < -0.3 is 20.1 Å². The van der Waals surface area contributed by atoms with Gasteiger partial charge in [0.15, 0.2) is 0 Å². The minimum atomic E-state index is -0.959. The number of carboxylic acids is 1. The lowest BCUT2D eigenvalue weighted by molar-refractivity contribution is 0.0696. The Hall–Kier alpha value is -2.08. The normalized spacial score (nSPS) is 10.5. The Balaban J connectivity index is 2.30. The zero-order valence-electron chi connectivity index (χ0n) is 13.3. The minimum absolute atomic E-state index is 0.160. The second-order valence-electron chi connectivity index (χ2n) is 5.36. The van der Waals surface area contributed by atoms with E-state index >= 15 is 0 Å². The van der Waals surface area contributed by atoms with Crippen molar-refractivity contribution >= 4 is 12.0 Å². The summed E-state index contributed by atoms with van der Waals surface area (Å²) in [6.07, 6.45) is 0.989. The van der Waals surface area contributed by atoms with Crippen LogP contribution in [0, 0.1) is 0 Å². The van der Waals surface area contributed by atoms with Crippen LogP contribution < -0.4 is 5.32 Å². The van der Waals surface area contributed by atoms with Crippen molar-refractivity contribution in [3.05, 3.63) is 35.4 Å². The number of aromatic carboxylic acids is 1. The van der Waals surface area contributed by atoms with Gasteiger partial charge >= 0.3 is 12.0 Å². The molecule has 0 aliphatic heterocycles. The Morgan fingerprint density at radius 2 is 1.91 bits per heavy atom. The third-order valence-electron chi connectivity index (χ3n) is 3.08. The molecule has 22 heavy (non-hydrogen) atoms. The van der Waals surface area contributed by atoms with E-state index in [1.807, 2.05) is 13.8 Å². The maximum Gasteiger partial charge on any atom is 0.335 e. The summed E-state index contributed by atoms with van der Waals surface area (Å²) in [6.45, 7) is 5.58. The predicted octanol–water partition coefficient (Wildman–Crippen LogP) is 2.34. The van der Waals surface area contributed by atoms with Crippen LogP contribution >= 0.6 is 0 Å². The molecule has 2 amide bonds. The van der Waals surface area contributed by atoms with E-state index in [2.05, 4.69) is 5.32 Å². The van der Waals surface area contributed by atoms with E-state index in [0.29, 0.717) is 19.7 Å². The number of carboxylic acid groups (broad SMARTS) is 1. The van der Waals surface area contributed by atoms with Gasteiger partial charge in [0.2, 0.25) is 0 Å². The minimum Gasteiger partial charge on any atom is -0.478 e. The topological polar surface area (TPSA) is 78.9 Å². The lowest BCUT2D eigenvalue weighted by Crippen LogP contribution is -2.37. The smallest absolute Gasteiger partial charge is 0.335 e. The molecular weight excluding hydrogens is 284 g/mol. The number of carbonyl (C=O) groups excluding carboxylic acids is 1. The average Bonchev–Trinajstić information content (AvgIpc) is 2.49. The van der Waals surface area contributed by atoms with Gasteiger partial charge in [-0.05, 0) is 38.0 Å². The molecule has 0 fully saturated rings. The van der Waals surface area contributed by atoms with Crippen LogP contribution in [0.5, 0.6) is 0 Å². The molecule has 0 spiro atoms. The lowest BCUT2D eigenvalue weighted by atomic mass is 10.1. The molecule has 1 rings (SSSR count). The highest BCUT2D eigenvalue weighted by Gasteiger charge is 2.08. The van der Waals surface area contributed by atoms with Crippen LogP contribution in [-0.4, -0.2) is 48.3 Å². The molecule has 0 saturated carbocycles. The fraction of sp³-hybridized carbons (Fsp3) is 0.500. The van der Waals surface area contributed by atoms with E-state index in [4.69, 9.17) is 9.84 Å². The van der Waals surface area contributed by atoms with Crippen LogP contribution in [0.3, 0.4) is 0 Å². The van der Waals surface area contributed by atoms with Gasteiger partial charge in [0.25, 0.3) is 0 Å². The van der Waals surface area contributed by atoms with Gasteiger partial charge in [-0.1, -0.05) is 12.1 Å². The first-order chi connectivity index (χ1) is 10.4. The quantitative estimate of drug-likeness (QED) is 0.723. The maximum atomic E-state index is 11.9. The molecule has 0 aliphatic carbocycles. The Morgan fingerprint density at radius 1 is 1.27 bits per heavy atom.